The molecule has 0 bridgehead atoms. The second kappa shape index (κ2) is 6.49. The van der Waals surface area contributed by atoms with E-state index in [1.807, 2.05) is 0 Å². The molecular formula is C19H31BrOS. The highest BCUT2D eigenvalue weighted by molar-refractivity contribution is 9.10. The van der Waals surface area contributed by atoms with Gasteiger partial charge in [-0.05, 0) is 32.9 Å². The summed E-state index contributed by atoms with van der Waals surface area (Å²) in [7, 11) is 1.75. The summed E-state index contributed by atoms with van der Waals surface area (Å²) in [6, 6.07) is 2.36. The van der Waals surface area contributed by atoms with E-state index < -0.39 is 0 Å². The molecule has 0 aliphatic carbocycles. The van der Waals surface area contributed by atoms with Gasteiger partial charge >= 0.3 is 0 Å². The summed E-state index contributed by atoms with van der Waals surface area (Å²) < 4.78 is 6.70. The van der Waals surface area contributed by atoms with Gasteiger partial charge in [0.15, 0.2) is 0 Å². The summed E-state index contributed by atoms with van der Waals surface area (Å²) in [4.78, 5) is 1.25. The van der Waals surface area contributed by atoms with E-state index in [2.05, 4.69) is 84.3 Å². The predicted octanol–water partition coefficient (Wildman–Crippen LogP) is 7.00. The average Bonchev–Trinajstić information content (AvgIpc) is 2.23. The number of hydrogen-bond acceptors (Lipinski definition) is 2. The van der Waals surface area contributed by atoms with Crippen LogP contribution in [-0.2, 0) is 20.4 Å². The predicted molar refractivity (Wildman–Crippen MR) is 103 cm³/mol. The van der Waals surface area contributed by atoms with Crippen molar-refractivity contribution >= 4 is 28.0 Å². The third kappa shape index (κ3) is 4.30. The fraction of sp³-hybridized carbons (Fsp3) is 0.684. The first-order chi connectivity index (χ1) is 9.71. The normalized spacial score (nSPS) is 13.6. The van der Waals surface area contributed by atoms with E-state index in [1.54, 1.807) is 7.11 Å². The van der Waals surface area contributed by atoms with Crippen LogP contribution in [0.15, 0.2) is 15.4 Å². The molecule has 22 heavy (non-hydrogen) atoms. The van der Waals surface area contributed by atoms with Crippen molar-refractivity contribution < 1.29 is 4.18 Å². The fourth-order valence-electron chi connectivity index (χ4n) is 2.58. The van der Waals surface area contributed by atoms with Gasteiger partial charge in [-0.1, -0.05) is 84.3 Å². The van der Waals surface area contributed by atoms with Gasteiger partial charge in [-0.15, -0.1) is 0 Å². The molecule has 0 radical (unpaired) electrons. The van der Waals surface area contributed by atoms with E-state index in [1.165, 1.54) is 38.1 Å². The Morgan fingerprint density at radius 1 is 0.818 bits per heavy atom. The lowest BCUT2D eigenvalue weighted by atomic mass is 9.75. The first kappa shape index (κ1) is 20.1. The molecular weight excluding hydrogens is 356 g/mol. The maximum absolute atomic E-state index is 5.48. The van der Waals surface area contributed by atoms with Crippen LogP contribution in [0.1, 0.15) is 79.0 Å². The summed E-state index contributed by atoms with van der Waals surface area (Å²) in [5.41, 5.74) is 4.27. The third-order valence-corrected chi connectivity index (χ3v) is 5.33. The van der Waals surface area contributed by atoms with Crippen LogP contribution in [0.3, 0.4) is 0 Å². The van der Waals surface area contributed by atoms with E-state index in [4.69, 9.17) is 4.18 Å². The summed E-state index contributed by atoms with van der Waals surface area (Å²) in [6.45, 7) is 20.4. The SMILES string of the molecule is COSc1c(C(C)(C)C)cc(C(C)(C)C)c(Br)c1C(C)(C)C. The highest BCUT2D eigenvalue weighted by Crippen LogP contribution is 2.47. The lowest BCUT2D eigenvalue weighted by molar-refractivity contribution is 0.479. The molecule has 0 saturated heterocycles. The monoisotopic (exact) mass is 386 g/mol. The van der Waals surface area contributed by atoms with Gasteiger partial charge in [-0.2, -0.15) is 0 Å². The van der Waals surface area contributed by atoms with Crippen molar-refractivity contribution in [3.05, 3.63) is 27.2 Å². The average molecular weight is 387 g/mol. The van der Waals surface area contributed by atoms with Crippen molar-refractivity contribution in [2.24, 2.45) is 0 Å². The lowest BCUT2D eigenvalue weighted by Crippen LogP contribution is -2.24. The van der Waals surface area contributed by atoms with Crippen molar-refractivity contribution in [3.8, 4) is 0 Å². The molecule has 1 aromatic carbocycles. The molecule has 0 heterocycles. The van der Waals surface area contributed by atoms with Crippen LogP contribution in [0.5, 0.6) is 0 Å². The molecule has 0 saturated carbocycles. The molecule has 0 aromatic heterocycles. The quantitative estimate of drug-likeness (QED) is 0.506. The Kier molecular flexibility index (Phi) is 5.91. The van der Waals surface area contributed by atoms with E-state index in [-0.39, 0.29) is 16.2 Å². The van der Waals surface area contributed by atoms with Crippen LogP contribution in [0, 0.1) is 0 Å². The highest BCUT2D eigenvalue weighted by Gasteiger charge is 2.32. The van der Waals surface area contributed by atoms with Gasteiger partial charge in [-0.3, -0.25) is 0 Å². The van der Waals surface area contributed by atoms with Crippen molar-refractivity contribution in [2.75, 3.05) is 7.11 Å². The Bertz CT molecular complexity index is 543. The molecule has 126 valence electrons. The van der Waals surface area contributed by atoms with Crippen molar-refractivity contribution in [1.82, 2.24) is 0 Å². The molecule has 0 aliphatic heterocycles. The Hall–Kier alpha value is 0.01000. The van der Waals surface area contributed by atoms with Crippen LogP contribution in [-0.4, -0.2) is 7.11 Å². The minimum atomic E-state index is 0.0426. The number of benzene rings is 1. The summed E-state index contributed by atoms with van der Waals surface area (Å²) >= 11 is 5.39. The first-order valence-electron chi connectivity index (χ1n) is 7.80. The molecule has 0 unspecified atom stereocenters. The van der Waals surface area contributed by atoms with E-state index in [9.17, 15) is 0 Å². The Balaban J connectivity index is 3.93. The molecule has 3 heteroatoms. The van der Waals surface area contributed by atoms with Crippen LogP contribution in [0.25, 0.3) is 0 Å². The molecule has 0 fully saturated rings. The zero-order valence-electron chi connectivity index (χ0n) is 15.8. The van der Waals surface area contributed by atoms with E-state index >= 15 is 0 Å². The zero-order valence-corrected chi connectivity index (χ0v) is 18.2. The Morgan fingerprint density at radius 2 is 1.27 bits per heavy atom. The largest absolute Gasteiger partial charge is 0.314 e. The van der Waals surface area contributed by atoms with Gasteiger partial charge in [0.05, 0.1) is 7.11 Å². The molecule has 1 nitrogen and oxygen atoms in total. The van der Waals surface area contributed by atoms with Gasteiger partial charge in [-0.25, -0.2) is 0 Å². The summed E-state index contributed by atoms with van der Waals surface area (Å²) in [6.07, 6.45) is 0. The maximum Gasteiger partial charge on any atom is 0.0508 e. The van der Waals surface area contributed by atoms with Gasteiger partial charge in [0.25, 0.3) is 0 Å². The fourth-order valence-corrected chi connectivity index (χ4v) is 5.33. The maximum atomic E-state index is 5.48. The second-order valence-corrected chi connectivity index (χ2v) is 10.7. The van der Waals surface area contributed by atoms with E-state index in [0.717, 1.165) is 0 Å². The topological polar surface area (TPSA) is 9.23 Å². The van der Waals surface area contributed by atoms with Gasteiger partial charge in [0, 0.05) is 21.4 Å². The van der Waals surface area contributed by atoms with E-state index in [0.29, 0.717) is 0 Å². The molecule has 0 amide bonds. The van der Waals surface area contributed by atoms with Crippen molar-refractivity contribution in [1.29, 1.82) is 0 Å². The van der Waals surface area contributed by atoms with Gasteiger partial charge < -0.3 is 4.18 Å². The number of hydrogen-bond donors (Lipinski definition) is 0. The van der Waals surface area contributed by atoms with Crippen LogP contribution in [0.4, 0.5) is 0 Å². The molecule has 0 spiro atoms. The number of halogens is 1. The minimum absolute atomic E-state index is 0.0426. The van der Waals surface area contributed by atoms with Gasteiger partial charge in [0.2, 0.25) is 0 Å². The summed E-state index contributed by atoms with van der Waals surface area (Å²) in [5.74, 6) is 0. The summed E-state index contributed by atoms with van der Waals surface area (Å²) in [5, 5.41) is 0. The smallest absolute Gasteiger partial charge is 0.0508 e. The zero-order chi connectivity index (χ0) is 17.5. The standard InChI is InChI=1S/C19H31BrOS/c1-17(2,3)12-11-13(18(4,5)6)16(22-21-10)14(15(12)20)19(7,8)9/h11H,1-10H3. The van der Waals surface area contributed by atoms with Crippen LogP contribution in [0.2, 0.25) is 0 Å². The molecule has 0 atom stereocenters. The highest BCUT2D eigenvalue weighted by atomic mass is 79.9. The van der Waals surface area contributed by atoms with Crippen LogP contribution >= 0.6 is 28.0 Å². The molecule has 0 aliphatic rings. The lowest BCUT2D eigenvalue weighted by Gasteiger charge is -2.34. The van der Waals surface area contributed by atoms with Crippen molar-refractivity contribution in [3.63, 3.8) is 0 Å². The molecule has 0 N–H and O–H groups in total. The second-order valence-electron chi connectivity index (χ2n) is 8.99. The van der Waals surface area contributed by atoms with Crippen molar-refractivity contribution in [2.45, 2.75) is 83.5 Å². The third-order valence-electron chi connectivity index (χ3n) is 3.75. The van der Waals surface area contributed by atoms with Crippen LogP contribution < -0.4 is 0 Å². The minimum Gasteiger partial charge on any atom is -0.314 e. The molecule has 1 rings (SSSR count). The Labute approximate surface area is 149 Å². The number of rotatable bonds is 2. The van der Waals surface area contributed by atoms with Gasteiger partial charge in [0.1, 0.15) is 0 Å². The first-order valence-corrected chi connectivity index (χ1v) is 9.33. The Morgan fingerprint density at radius 3 is 1.59 bits per heavy atom. The molecule has 1 aromatic rings.